The summed E-state index contributed by atoms with van der Waals surface area (Å²) in [6.45, 7) is -0.339. The van der Waals surface area contributed by atoms with E-state index in [1.54, 1.807) is 42.0 Å². The van der Waals surface area contributed by atoms with E-state index < -0.39 is 18.8 Å². The highest BCUT2D eigenvalue weighted by molar-refractivity contribution is 5.90. The molecule has 5 rings (SSSR count). The number of carbonyl (C=O) groups excluding carboxylic acids is 1. The van der Waals surface area contributed by atoms with E-state index in [0.29, 0.717) is 35.8 Å². The lowest BCUT2D eigenvalue weighted by Gasteiger charge is -2.36. The van der Waals surface area contributed by atoms with Gasteiger partial charge in [0.25, 0.3) is 0 Å². The quantitative estimate of drug-likeness (QED) is 0.402. The Labute approximate surface area is 197 Å². The van der Waals surface area contributed by atoms with Gasteiger partial charge in [-0.15, -0.1) is 0 Å². The fourth-order valence-corrected chi connectivity index (χ4v) is 3.75. The molecule has 1 aliphatic heterocycles. The van der Waals surface area contributed by atoms with Crippen molar-refractivity contribution >= 4 is 23.2 Å². The van der Waals surface area contributed by atoms with Crippen LogP contribution >= 0.6 is 0 Å². The Morgan fingerprint density at radius 2 is 1.94 bits per heavy atom. The largest absolute Gasteiger partial charge is 0.405 e. The molecule has 3 aromatic heterocycles. The van der Waals surface area contributed by atoms with Crippen LogP contribution in [0.1, 0.15) is 0 Å². The number of benzene rings is 1. The molecule has 1 fully saturated rings. The summed E-state index contributed by atoms with van der Waals surface area (Å²) in [5.74, 6) is 1.28. The average molecular weight is 483 g/mol. The molecule has 9 nitrogen and oxygen atoms in total. The maximum Gasteiger partial charge on any atom is 0.405 e. The number of imidazole rings is 1. The molecule has 0 saturated carbocycles. The number of halogens is 3. The van der Waals surface area contributed by atoms with Gasteiger partial charge in [0.1, 0.15) is 18.0 Å². The number of aromatic nitrogens is 4. The van der Waals surface area contributed by atoms with Crippen LogP contribution in [-0.2, 0) is 0 Å². The van der Waals surface area contributed by atoms with Gasteiger partial charge in [-0.1, -0.05) is 12.1 Å². The summed E-state index contributed by atoms with van der Waals surface area (Å²) in [4.78, 5) is 27.2. The smallest absolute Gasteiger partial charge is 0.389 e. The minimum Gasteiger partial charge on any atom is -0.389 e. The van der Waals surface area contributed by atoms with Crippen molar-refractivity contribution in [1.82, 2.24) is 24.7 Å². The average Bonchev–Trinajstić information content (AvgIpc) is 3.24. The molecule has 4 aromatic rings. The number of nitrogens with one attached hydrogen (secondary N) is 2. The molecule has 0 spiro atoms. The molecule has 0 unspecified atom stereocenters. The van der Waals surface area contributed by atoms with E-state index in [1.165, 1.54) is 0 Å². The lowest BCUT2D eigenvalue weighted by molar-refractivity contribution is -0.122. The second-order valence-corrected chi connectivity index (χ2v) is 8.09. The first-order chi connectivity index (χ1) is 16.7. The van der Waals surface area contributed by atoms with Crippen molar-refractivity contribution in [1.29, 1.82) is 0 Å². The first-order valence-electron chi connectivity index (χ1n) is 10.7. The second kappa shape index (κ2) is 8.87. The Morgan fingerprint density at radius 3 is 2.71 bits per heavy atom. The number of rotatable bonds is 5. The summed E-state index contributed by atoms with van der Waals surface area (Å²) in [7, 11) is 0. The summed E-state index contributed by atoms with van der Waals surface area (Å²) in [6.07, 6.45) is 0.342. The zero-order valence-corrected chi connectivity index (χ0v) is 18.2. The summed E-state index contributed by atoms with van der Waals surface area (Å²) >= 11 is 0. The van der Waals surface area contributed by atoms with E-state index in [1.807, 2.05) is 33.7 Å². The van der Waals surface area contributed by atoms with Gasteiger partial charge >= 0.3 is 12.2 Å². The topological polar surface area (TPSA) is 108 Å². The van der Waals surface area contributed by atoms with Crippen LogP contribution in [0.25, 0.3) is 28.3 Å². The Kier molecular flexibility index (Phi) is 5.73. The third-order valence-electron chi connectivity index (χ3n) is 5.46. The molecule has 4 heterocycles. The molecule has 0 radical (unpaired) electrons. The van der Waals surface area contributed by atoms with Crippen LogP contribution < -0.4 is 15.5 Å². The highest BCUT2D eigenvalue weighted by atomic mass is 19.4. The predicted molar refractivity (Wildman–Crippen MR) is 123 cm³/mol. The van der Waals surface area contributed by atoms with Gasteiger partial charge in [0, 0.05) is 42.3 Å². The van der Waals surface area contributed by atoms with Crippen LogP contribution in [-0.4, -0.2) is 62.4 Å². The number of alkyl halides is 3. The van der Waals surface area contributed by atoms with Crippen LogP contribution in [0.3, 0.4) is 0 Å². The van der Waals surface area contributed by atoms with Crippen LogP contribution in [0.5, 0.6) is 0 Å². The van der Waals surface area contributed by atoms with Gasteiger partial charge in [0.2, 0.25) is 0 Å². The van der Waals surface area contributed by atoms with Crippen molar-refractivity contribution in [2.24, 2.45) is 0 Å². The SMILES string of the molecule is O=C(NCC(F)(F)F)Nc1cccc(-c2cnc3cc(-c4nccc(N5CC(O)C5)n4)ccn23)c1. The van der Waals surface area contributed by atoms with Crippen LogP contribution in [0.2, 0.25) is 0 Å². The van der Waals surface area contributed by atoms with Crippen molar-refractivity contribution in [3.63, 3.8) is 0 Å². The standard InChI is InChI=1S/C23H20F3N7O2/c24-23(25,26)13-29-22(35)30-16-3-1-2-14(8-16)18-10-28-20-9-15(5-7-33(18)20)21-27-6-4-19(31-21)32-11-17(34)12-32/h1-10,17,34H,11-13H2,(H2,29,30,35). The monoisotopic (exact) mass is 483 g/mol. The lowest BCUT2D eigenvalue weighted by atomic mass is 10.1. The van der Waals surface area contributed by atoms with Crippen molar-refractivity contribution in [3.05, 3.63) is 61.1 Å². The van der Waals surface area contributed by atoms with Gasteiger partial charge in [-0.25, -0.2) is 19.7 Å². The van der Waals surface area contributed by atoms with Crippen molar-refractivity contribution in [3.8, 4) is 22.6 Å². The van der Waals surface area contributed by atoms with Crippen LogP contribution in [0.15, 0.2) is 61.1 Å². The molecule has 0 aliphatic carbocycles. The highest BCUT2D eigenvalue weighted by Crippen LogP contribution is 2.27. The predicted octanol–water partition coefficient (Wildman–Crippen LogP) is 3.32. The van der Waals surface area contributed by atoms with Gasteiger partial charge in [-0.3, -0.25) is 4.40 Å². The number of fused-ring (bicyclic) bond motifs is 1. The van der Waals surface area contributed by atoms with Crippen LogP contribution in [0.4, 0.5) is 29.5 Å². The number of carbonyl (C=O) groups is 1. The molecule has 2 amide bonds. The normalized spacial score (nSPS) is 14.1. The zero-order valence-electron chi connectivity index (χ0n) is 18.2. The van der Waals surface area contributed by atoms with Gasteiger partial charge in [0.15, 0.2) is 5.82 Å². The Hall–Kier alpha value is -4.19. The van der Waals surface area contributed by atoms with Crippen molar-refractivity contribution in [2.45, 2.75) is 12.3 Å². The Morgan fingerprint density at radius 1 is 1.11 bits per heavy atom. The zero-order chi connectivity index (χ0) is 24.6. The van der Waals surface area contributed by atoms with Crippen LogP contribution in [0, 0.1) is 0 Å². The summed E-state index contributed by atoms with van der Waals surface area (Å²) < 4.78 is 38.8. The fraction of sp³-hybridized carbons (Fsp3) is 0.217. The molecule has 0 atom stereocenters. The number of urea groups is 1. The van der Waals surface area contributed by atoms with E-state index in [4.69, 9.17) is 0 Å². The maximum absolute atomic E-state index is 12.3. The third kappa shape index (κ3) is 5.01. The van der Waals surface area contributed by atoms with Crippen molar-refractivity contribution < 1.29 is 23.1 Å². The number of nitrogens with zero attached hydrogens (tertiary/aromatic N) is 5. The van der Waals surface area contributed by atoms with Gasteiger partial charge in [-0.2, -0.15) is 13.2 Å². The number of hydrogen-bond donors (Lipinski definition) is 3. The number of anilines is 2. The van der Waals surface area contributed by atoms with E-state index in [-0.39, 0.29) is 6.10 Å². The Balaban J connectivity index is 1.36. The molecular formula is C23H20F3N7O2. The molecule has 12 heteroatoms. The van der Waals surface area contributed by atoms with E-state index in [0.717, 1.165) is 17.1 Å². The van der Waals surface area contributed by atoms with E-state index >= 15 is 0 Å². The Bertz CT molecular complexity index is 1380. The van der Waals surface area contributed by atoms with Gasteiger partial charge in [0.05, 0.1) is 18.0 Å². The molecule has 1 saturated heterocycles. The number of pyridine rings is 1. The molecule has 180 valence electrons. The molecule has 0 bridgehead atoms. The maximum atomic E-state index is 12.3. The van der Waals surface area contributed by atoms with Gasteiger partial charge < -0.3 is 20.6 Å². The second-order valence-electron chi connectivity index (χ2n) is 8.09. The van der Waals surface area contributed by atoms with E-state index in [9.17, 15) is 23.1 Å². The minimum absolute atomic E-state index is 0.337. The number of aliphatic hydroxyl groups is 1. The summed E-state index contributed by atoms with van der Waals surface area (Å²) in [6, 6.07) is 11.3. The van der Waals surface area contributed by atoms with Crippen molar-refractivity contribution in [2.75, 3.05) is 29.9 Å². The summed E-state index contributed by atoms with van der Waals surface area (Å²) in [5.41, 5.74) is 3.21. The molecule has 35 heavy (non-hydrogen) atoms. The number of aliphatic hydroxyl groups excluding tert-OH is 1. The lowest BCUT2D eigenvalue weighted by Crippen LogP contribution is -2.51. The first kappa shape index (κ1) is 22.6. The molecule has 1 aromatic carbocycles. The molecule has 3 N–H and O–H groups in total. The fourth-order valence-electron chi connectivity index (χ4n) is 3.75. The minimum atomic E-state index is -4.49. The number of β-amino-alcohol motifs (C(OH)–C–C–N with tert-alkyl or cyclic N) is 1. The van der Waals surface area contributed by atoms with E-state index in [2.05, 4.69) is 20.3 Å². The summed E-state index contributed by atoms with van der Waals surface area (Å²) in [5, 5.41) is 13.7. The number of amides is 2. The molecular weight excluding hydrogens is 463 g/mol. The van der Waals surface area contributed by atoms with Gasteiger partial charge in [-0.05, 0) is 30.3 Å². The number of hydrogen-bond acceptors (Lipinski definition) is 6. The third-order valence-corrected chi connectivity index (χ3v) is 5.46. The highest BCUT2D eigenvalue weighted by Gasteiger charge is 2.28. The molecule has 1 aliphatic rings. The first-order valence-corrected chi connectivity index (χ1v) is 10.7.